The Morgan fingerprint density at radius 3 is 2.57 bits per heavy atom. The van der Waals surface area contributed by atoms with Crippen LogP contribution < -0.4 is 4.81 Å². The summed E-state index contributed by atoms with van der Waals surface area (Å²) < 4.78 is 4.56. The average molecular weight is 317 g/mol. The number of aromatic nitrogens is 4. The fourth-order valence-electron chi connectivity index (χ4n) is 4.35. The van der Waals surface area contributed by atoms with Crippen LogP contribution in [0.2, 0.25) is 13.6 Å². The van der Waals surface area contributed by atoms with Crippen molar-refractivity contribution in [3.8, 4) is 0 Å². The highest BCUT2D eigenvalue weighted by Gasteiger charge is 2.57. The number of anilines is 1. The van der Waals surface area contributed by atoms with Gasteiger partial charge in [-0.05, 0) is 44.3 Å². The van der Waals surface area contributed by atoms with Gasteiger partial charge in [0.15, 0.2) is 0 Å². The van der Waals surface area contributed by atoms with E-state index >= 15 is 0 Å². The van der Waals surface area contributed by atoms with Crippen LogP contribution in [-0.2, 0) is 5.54 Å². The summed E-state index contributed by atoms with van der Waals surface area (Å²) >= 11 is 0. The maximum atomic E-state index is 4.31. The summed E-state index contributed by atoms with van der Waals surface area (Å²) in [4.78, 5) is 4.84. The van der Waals surface area contributed by atoms with Gasteiger partial charge in [0.1, 0.15) is 0 Å². The quantitative estimate of drug-likeness (QED) is 0.608. The van der Waals surface area contributed by atoms with Gasteiger partial charge >= 0.3 is 6.98 Å². The number of likely N-dealkylation sites (N-methyl/N-ethyl adjacent to an activating group) is 1. The highest BCUT2D eigenvalue weighted by atomic mass is 15.7. The smallest absolute Gasteiger partial charge is 0.333 e. The molecule has 9 heteroatoms. The summed E-state index contributed by atoms with van der Waals surface area (Å²) in [5.74, 6) is 0.893. The highest BCUT2D eigenvalue weighted by molar-refractivity contribution is 6.73. The van der Waals surface area contributed by atoms with E-state index < -0.39 is 0 Å². The van der Waals surface area contributed by atoms with E-state index in [9.17, 15) is 0 Å². The second-order valence-electron chi connectivity index (χ2n) is 7.55. The van der Waals surface area contributed by atoms with E-state index in [-0.39, 0.29) is 11.7 Å². The lowest BCUT2D eigenvalue weighted by atomic mass is 9.56. The second kappa shape index (κ2) is 6.09. The van der Waals surface area contributed by atoms with E-state index in [0.29, 0.717) is 14.0 Å². The molecule has 0 aromatic carbocycles. The van der Waals surface area contributed by atoms with E-state index in [0.717, 1.165) is 12.5 Å². The summed E-state index contributed by atoms with van der Waals surface area (Å²) in [5, 5.41) is 12.5. The number of unbranched alkanes of at least 4 members (excludes halogenated alkanes) is 3. The molecule has 1 unspecified atom stereocenters. The van der Waals surface area contributed by atoms with Crippen molar-refractivity contribution in [3.63, 3.8) is 0 Å². The summed E-state index contributed by atoms with van der Waals surface area (Å²) in [6.45, 7) is 13.2. The predicted molar refractivity (Wildman–Crippen MR) is 95.3 cm³/mol. The van der Waals surface area contributed by atoms with Crippen LogP contribution in [0.25, 0.3) is 0 Å². The van der Waals surface area contributed by atoms with Gasteiger partial charge in [0.25, 0.3) is 6.98 Å². The van der Waals surface area contributed by atoms with Crippen molar-refractivity contribution in [1.29, 1.82) is 0 Å². The fraction of sp³-hybridized carbons (Fsp3) is 0.929. The molecule has 0 N–H and O–H groups in total. The Kier molecular flexibility index (Phi) is 4.44. The van der Waals surface area contributed by atoms with E-state index in [2.05, 4.69) is 71.3 Å². The molecule has 2 aliphatic rings. The largest absolute Gasteiger partial charge is 0.353 e. The molecule has 1 aromatic heterocycles. The maximum absolute atomic E-state index is 4.31. The predicted octanol–water partition coefficient (Wildman–Crippen LogP) is 1.62. The lowest BCUT2D eigenvalue weighted by molar-refractivity contribution is 0.187. The lowest BCUT2D eigenvalue weighted by Gasteiger charge is -2.53. The normalized spacial score (nSPS) is 24.3. The summed E-state index contributed by atoms with van der Waals surface area (Å²) in [5.41, 5.74) is -0.135. The van der Waals surface area contributed by atoms with Crippen LogP contribution in [0.3, 0.4) is 0 Å². The van der Waals surface area contributed by atoms with Gasteiger partial charge in [0.05, 0.1) is 11.7 Å². The van der Waals surface area contributed by atoms with Crippen molar-refractivity contribution in [2.75, 3.05) is 18.4 Å². The minimum Gasteiger partial charge on any atom is -0.353 e. The maximum Gasteiger partial charge on any atom is 0.333 e. The Morgan fingerprint density at radius 1 is 1.13 bits per heavy atom. The van der Waals surface area contributed by atoms with Gasteiger partial charge in [-0.1, -0.05) is 44.9 Å². The first-order chi connectivity index (χ1) is 10.9. The monoisotopic (exact) mass is 317 g/mol. The zero-order valence-electron chi connectivity index (χ0n) is 15.4. The topological polar surface area (TPSA) is 53.3 Å². The molecule has 1 atom stereocenters. The van der Waals surface area contributed by atoms with Crippen LogP contribution in [0, 0.1) is 0 Å². The van der Waals surface area contributed by atoms with Gasteiger partial charge in [-0.2, -0.15) is 0 Å². The average Bonchev–Trinajstić information content (AvgIpc) is 3.06. The van der Waals surface area contributed by atoms with Gasteiger partial charge in [-0.25, -0.2) is 4.68 Å². The van der Waals surface area contributed by atoms with E-state index in [4.69, 9.17) is 0 Å². The molecule has 0 aliphatic carbocycles. The molecule has 1 aromatic rings. The molecule has 0 radical (unpaired) electrons. The molecular formula is C14H29B2N7. The first-order valence-electron chi connectivity index (χ1n) is 8.96. The van der Waals surface area contributed by atoms with Crippen LogP contribution in [0.4, 0.5) is 5.95 Å². The molecule has 1 saturated heterocycles. The van der Waals surface area contributed by atoms with E-state index in [1.807, 2.05) is 4.68 Å². The molecule has 0 bridgehead atoms. The molecule has 126 valence electrons. The number of fused-ring (bicyclic) bond motifs is 3. The Balaban J connectivity index is 1.84. The minimum atomic E-state index is -0.135. The van der Waals surface area contributed by atoms with E-state index in [1.165, 1.54) is 25.7 Å². The molecule has 1 fully saturated rings. The third kappa shape index (κ3) is 2.48. The van der Waals surface area contributed by atoms with Crippen molar-refractivity contribution in [2.24, 2.45) is 0 Å². The molecule has 7 nitrogen and oxygen atoms in total. The van der Waals surface area contributed by atoms with Gasteiger partial charge in [0.2, 0.25) is 5.95 Å². The summed E-state index contributed by atoms with van der Waals surface area (Å²) in [6, 6.07) is 0. The zero-order chi connectivity index (χ0) is 16.8. The standard InChI is InChI=1S/C14H29B2N7/c1-7-8-9-10-11-21-15(4)20(6)12-14(2,3)23-13(17-18-19-23)22(12)16(21)5/h12H,7-11H2,1-6H3. The Labute approximate surface area is 140 Å². The molecule has 0 spiro atoms. The fourth-order valence-corrected chi connectivity index (χ4v) is 4.35. The number of rotatable bonds is 5. The Hall–Kier alpha value is -1.08. The molecule has 3 heterocycles. The highest BCUT2D eigenvalue weighted by Crippen LogP contribution is 2.41. The third-order valence-electron chi connectivity index (χ3n) is 5.73. The molecule has 3 rings (SSSR count). The van der Waals surface area contributed by atoms with Crippen molar-refractivity contribution in [3.05, 3.63) is 0 Å². The Bertz CT molecular complexity index is 549. The Morgan fingerprint density at radius 2 is 1.87 bits per heavy atom. The van der Waals surface area contributed by atoms with Crippen LogP contribution in [-0.4, -0.2) is 63.5 Å². The van der Waals surface area contributed by atoms with E-state index in [1.54, 1.807) is 0 Å². The van der Waals surface area contributed by atoms with Crippen LogP contribution in [0.15, 0.2) is 0 Å². The van der Waals surface area contributed by atoms with Crippen molar-refractivity contribution in [2.45, 2.75) is 71.8 Å². The minimum absolute atomic E-state index is 0.135. The van der Waals surface area contributed by atoms with Crippen LogP contribution >= 0.6 is 0 Å². The first-order valence-corrected chi connectivity index (χ1v) is 8.96. The van der Waals surface area contributed by atoms with Crippen molar-refractivity contribution in [1.82, 2.24) is 29.7 Å². The number of tetrazole rings is 1. The second-order valence-corrected chi connectivity index (χ2v) is 7.55. The van der Waals surface area contributed by atoms with Crippen molar-refractivity contribution < 1.29 is 0 Å². The number of nitrogens with zero attached hydrogens (tertiary/aromatic N) is 7. The first kappa shape index (κ1) is 16.8. The zero-order valence-corrected chi connectivity index (χ0v) is 15.4. The summed E-state index contributed by atoms with van der Waals surface area (Å²) in [7, 11) is 2.22. The lowest BCUT2D eigenvalue weighted by Crippen LogP contribution is -2.75. The van der Waals surface area contributed by atoms with Gasteiger partial charge in [-0.15, -0.1) is 0 Å². The van der Waals surface area contributed by atoms with Crippen LogP contribution in [0.1, 0.15) is 46.5 Å². The van der Waals surface area contributed by atoms with Gasteiger partial charge in [-0.3, -0.25) is 0 Å². The molecule has 23 heavy (non-hydrogen) atoms. The van der Waals surface area contributed by atoms with Crippen molar-refractivity contribution >= 4 is 19.9 Å². The molecule has 0 amide bonds. The van der Waals surface area contributed by atoms with Crippen LogP contribution in [0.5, 0.6) is 0 Å². The molecule has 2 aliphatic heterocycles. The third-order valence-corrected chi connectivity index (χ3v) is 5.73. The van der Waals surface area contributed by atoms with Gasteiger partial charge < -0.3 is 14.3 Å². The number of hydrogen-bond acceptors (Lipinski definition) is 6. The molecular weight excluding hydrogens is 288 g/mol. The summed E-state index contributed by atoms with van der Waals surface area (Å²) in [6.07, 6.45) is 5.43. The number of hydrogen-bond donors (Lipinski definition) is 0. The molecule has 0 saturated carbocycles. The SMILES string of the molecule is CCCCCCN1B(C)N(C)C2N(B1C)c1nnnn1C2(C)C. The van der Waals surface area contributed by atoms with Gasteiger partial charge in [0, 0.05) is 0 Å².